The first kappa shape index (κ1) is 19.1. The molecular formula is C21H21N3O4S. The number of anilines is 3. The largest absolute Gasteiger partial charge is 0.481 e. The van der Waals surface area contributed by atoms with Crippen molar-refractivity contribution in [1.82, 2.24) is 0 Å². The molecule has 1 N–H and O–H groups in total. The van der Waals surface area contributed by atoms with Gasteiger partial charge in [0.25, 0.3) is 15.9 Å². The number of hydrogen-bond donors (Lipinski definition) is 1. The molecule has 3 aromatic rings. The van der Waals surface area contributed by atoms with E-state index in [1.807, 2.05) is 37.2 Å². The van der Waals surface area contributed by atoms with Crippen LogP contribution in [0.1, 0.15) is 0 Å². The van der Waals surface area contributed by atoms with Crippen LogP contribution in [0.25, 0.3) is 10.8 Å². The van der Waals surface area contributed by atoms with Gasteiger partial charge in [-0.1, -0.05) is 24.3 Å². The normalized spacial score (nSPS) is 13.8. The van der Waals surface area contributed by atoms with Gasteiger partial charge >= 0.3 is 0 Å². The van der Waals surface area contributed by atoms with Gasteiger partial charge in [0.15, 0.2) is 6.61 Å². The van der Waals surface area contributed by atoms with Crippen LogP contribution < -0.4 is 19.3 Å². The molecule has 0 radical (unpaired) electrons. The molecular weight excluding hydrogens is 390 g/mol. The second kappa shape index (κ2) is 6.97. The molecule has 3 aromatic carbocycles. The molecule has 0 spiro atoms. The molecule has 0 aliphatic carbocycles. The Kier molecular flexibility index (Phi) is 4.58. The van der Waals surface area contributed by atoms with Crippen molar-refractivity contribution < 1.29 is 17.9 Å². The van der Waals surface area contributed by atoms with Crippen LogP contribution >= 0.6 is 0 Å². The van der Waals surface area contributed by atoms with E-state index in [4.69, 9.17) is 4.74 Å². The summed E-state index contributed by atoms with van der Waals surface area (Å²) in [7, 11) is 1.66. The van der Waals surface area contributed by atoms with Crippen molar-refractivity contribution in [3.05, 3.63) is 54.6 Å². The monoisotopic (exact) mass is 411 g/mol. The third-order valence-electron chi connectivity index (χ3n) is 4.93. The van der Waals surface area contributed by atoms with Crippen molar-refractivity contribution >= 4 is 43.8 Å². The second-order valence-corrected chi connectivity index (χ2v) is 8.70. The lowest BCUT2D eigenvalue weighted by atomic mass is 10.1. The maximum absolute atomic E-state index is 13.2. The van der Waals surface area contributed by atoms with E-state index in [1.165, 1.54) is 4.90 Å². The third kappa shape index (κ3) is 3.36. The van der Waals surface area contributed by atoms with Gasteiger partial charge in [0, 0.05) is 43.7 Å². The van der Waals surface area contributed by atoms with Gasteiger partial charge in [-0.15, -0.1) is 0 Å². The lowest BCUT2D eigenvalue weighted by Crippen LogP contribution is -2.35. The average molecular weight is 411 g/mol. The lowest BCUT2D eigenvalue weighted by Gasteiger charge is -2.26. The van der Waals surface area contributed by atoms with Crippen LogP contribution in [-0.2, 0) is 14.8 Å². The summed E-state index contributed by atoms with van der Waals surface area (Å²) < 4.78 is 34.4. The van der Waals surface area contributed by atoms with Crippen LogP contribution in [0, 0.1) is 0 Å². The number of amides is 1. The number of nitrogens with zero attached hydrogens (tertiary/aromatic N) is 2. The summed E-state index contributed by atoms with van der Waals surface area (Å²) >= 11 is 0. The Labute approximate surface area is 169 Å². The maximum Gasteiger partial charge on any atom is 0.264 e. The van der Waals surface area contributed by atoms with Gasteiger partial charge in [-0.2, -0.15) is 0 Å². The van der Waals surface area contributed by atoms with E-state index in [0.29, 0.717) is 22.5 Å². The zero-order valence-electron chi connectivity index (χ0n) is 16.3. The van der Waals surface area contributed by atoms with Gasteiger partial charge in [0.1, 0.15) is 5.75 Å². The summed E-state index contributed by atoms with van der Waals surface area (Å²) in [6.45, 7) is -0.0731. The fourth-order valence-electron chi connectivity index (χ4n) is 3.44. The highest BCUT2D eigenvalue weighted by atomic mass is 32.2. The molecule has 0 unspecified atom stereocenters. The molecule has 0 aromatic heterocycles. The summed E-state index contributed by atoms with van der Waals surface area (Å²) in [5, 5.41) is 1.50. The highest BCUT2D eigenvalue weighted by Crippen LogP contribution is 2.35. The van der Waals surface area contributed by atoms with Crippen LogP contribution in [0.2, 0.25) is 0 Å². The van der Waals surface area contributed by atoms with E-state index in [1.54, 1.807) is 43.4 Å². The maximum atomic E-state index is 13.2. The highest BCUT2D eigenvalue weighted by Gasteiger charge is 2.24. The molecule has 0 bridgehead atoms. The minimum absolute atomic E-state index is 0.0731. The summed E-state index contributed by atoms with van der Waals surface area (Å²) in [6.07, 6.45) is 0. The number of hydrogen-bond acceptors (Lipinski definition) is 5. The predicted molar refractivity (Wildman–Crippen MR) is 114 cm³/mol. The molecule has 0 atom stereocenters. The predicted octanol–water partition coefficient (Wildman–Crippen LogP) is 3.06. The summed E-state index contributed by atoms with van der Waals surface area (Å²) in [6, 6.07) is 15.7. The first-order valence-corrected chi connectivity index (χ1v) is 10.5. The Morgan fingerprint density at radius 3 is 2.52 bits per heavy atom. The molecule has 1 heterocycles. The fraction of sp³-hybridized carbons (Fsp3) is 0.190. The van der Waals surface area contributed by atoms with Crippen LogP contribution in [-0.4, -0.2) is 42.1 Å². The van der Waals surface area contributed by atoms with Crippen LogP contribution in [0.4, 0.5) is 17.1 Å². The Morgan fingerprint density at radius 1 is 1.03 bits per heavy atom. The van der Waals surface area contributed by atoms with Crippen molar-refractivity contribution in [2.75, 3.05) is 42.3 Å². The number of benzene rings is 3. The SMILES string of the molecule is CN(C)c1cccc2c(S(=O)(=O)Nc3ccc4c(c3)OCC(=O)N4C)cccc12. The van der Waals surface area contributed by atoms with Gasteiger partial charge in [0.05, 0.1) is 16.3 Å². The van der Waals surface area contributed by atoms with E-state index in [-0.39, 0.29) is 17.4 Å². The number of sulfonamides is 1. The highest BCUT2D eigenvalue weighted by molar-refractivity contribution is 7.93. The summed E-state index contributed by atoms with van der Waals surface area (Å²) in [4.78, 5) is 15.4. The zero-order chi connectivity index (χ0) is 20.8. The molecule has 29 heavy (non-hydrogen) atoms. The Hall–Kier alpha value is -3.26. The Bertz CT molecular complexity index is 1220. The summed E-state index contributed by atoms with van der Waals surface area (Å²) in [5.41, 5.74) is 1.91. The number of carbonyl (C=O) groups excluding carboxylic acids is 1. The molecule has 150 valence electrons. The van der Waals surface area contributed by atoms with E-state index in [2.05, 4.69) is 4.72 Å². The van der Waals surface area contributed by atoms with E-state index in [9.17, 15) is 13.2 Å². The number of ether oxygens (including phenoxy) is 1. The van der Waals surface area contributed by atoms with E-state index < -0.39 is 10.0 Å². The van der Waals surface area contributed by atoms with Gasteiger partial charge in [-0.25, -0.2) is 8.42 Å². The van der Waals surface area contributed by atoms with Gasteiger partial charge in [-0.3, -0.25) is 9.52 Å². The van der Waals surface area contributed by atoms with Crippen LogP contribution in [0.3, 0.4) is 0 Å². The lowest BCUT2D eigenvalue weighted by molar-refractivity contribution is -0.120. The molecule has 1 aliphatic rings. The van der Waals surface area contributed by atoms with Gasteiger partial charge in [-0.05, 0) is 24.3 Å². The first-order chi connectivity index (χ1) is 13.8. The standard InChI is InChI=1S/C21H21N3O4S/c1-23(2)17-8-4-7-16-15(17)6-5-9-20(16)29(26,27)22-14-10-11-18-19(12-14)28-13-21(25)24(18)3/h4-12,22H,13H2,1-3H3. The Morgan fingerprint density at radius 2 is 1.76 bits per heavy atom. The number of carbonyl (C=O) groups is 1. The molecule has 1 aliphatic heterocycles. The number of rotatable bonds is 4. The molecule has 0 saturated heterocycles. The van der Waals surface area contributed by atoms with E-state index >= 15 is 0 Å². The minimum Gasteiger partial charge on any atom is -0.481 e. The topological polar surface area (TPSA) is 79.0 Å². The zero-order valence-corrected chi connectivity index (χ0v) is 17.2. The quantitative estimate of drug-likeness (QED) is 0.714. The van der Waals surface area contributed by atoms with Crippen molar-refractivity contribution in [3.63, 3.8) is 0 Å². The molecule has 8 heteroatoms. The van der Waals surface area contributed by atoms with Gasteiger partial charge in [0.2, 0.25) is 0 Å². The molecule has 7 nitrogen and oxygen atoms in total. The van der Waals surface area contributed by atoms with Crippen LogP contribution in [0.15, 0.2) is 59.5 Å². The van der Waals surface area contributed by atoms with Crippen molar-refractivity contribution in [2.45, 2.75) is 4.90 Å². The third-order valence-corrected chi connectivity index (χ3v) is 6.37. The smallest absolute Gasteiger partial charge is 0.264 e. The summed E-state index contributed by atoms with van der Waals surface area (Å²) in [5.74, 6) is 0.304. The molecule has 4 rings (SSSR count). The minimum atomic E-state index is -3.84. The number of fused-ring (bicyclic) bond motifs is 2. The average Bonchev–Trinajstić information content (AvgIpc) is 2.69. The fourth-order valence-corrected chi connectivity index (χ4v) is 4.71. The Balaban J connectivity index is 1.74. The van der Waals surface area contributed by atoms with E-state index in [0.717, 1.165) is 11.1 Å². The van der Waals surface area contributed by atoms with Crippen molar-refractivity contribution in [2.24, 2.45) is 0 Å². The van der Waals surface area contributed by atoms with Crippen LogP contribution in [0.5, 0.6) is 5.75 Å². The number of likely N-dealkylation sites (N-methyl/N-ethyl adjacent to an activating group) is 1. The van der Waals surface area contributed by atoms with Gasteiger partial charge < -0.3 is 14.5 Å². The molecule has 0 saturated carbocycles. The van der Waals surface area contributed by atoms with Crippen molar-refractivity contribution in [3.8, 4) is 5.75 Å². The first-order valence-electron chi connectivity index (χ1n) is 9.03. The molecule has 1 amide bonds. The second-order valence-electron chi connectivity index (χ2n) is 7.05. The van der Waals surface area contributed by atoms with Crippen molar-refractivity contribution in [1.29, 1.82) is 0 Å². The number of nitrogens with one attached hydrogen (secondary N) is 1. The molecule has 0 fully saturated rings.